The van der Waals surface area contributed by atoms with Crippen LogP contribution in [0.1, 0.15) is 65.7 Å². The van der Waals surface area contributed by atoms with Crippen LogP contribution in [0.4, 0.5) is 5.69 Å². The number of fused-ring (bicyclic) bond motifs is 2. The molecule has 5 aliphatic rings. The van der Waals surface area contributed by atoms with Gasteiger partial charge in [-0.2, -0.15) is 0 Å². The first-order chi connectivity index (χ1) is 28.3. The van der Waals surface area contributed by atoms with Crippen molar-refractivity contribution < 1.29 is 28.6 Å². The number of benzene rings is 2. The maximum Gasteiger partial charge on any atom is 0.255 e. The molecule has 0 radical (unpaired) electrons. The van der Waals surface area contributed by atoms with E-state index < -0.39 is 6.04 Å². The number of nitrogens with zero attached hydrogens (tertiary/aromatic N) is 6. The number of ether oxygens (including phenoxy) is 3. The van der Waals surface area contributed by atoms with E-state index in [2.05, 4.69) is 43.2 Å². The van der Waals surface area contributed by atoms with Gasteiger partial charge in [0.15, 0.2) is 0 Å². The quantitative estimate of drug-likeness (QED) is 0.199. The zero-order valence-corrected chi connectivity index (χ0v) is 33.1. The number of hydrogen-bond acceptors (Lipinski definition) is 11. The fourth-order valence-electron chi connectivity index (χ4n) is 8.82. The molecule has 1 N–H and O–H groups in total. The van der Waals surface area contributed by atoms with Gasteiger partial charge >= 0.3 is 0 Å². The molecule has 2 aromatic carbocycles. The summed E-state index contributed by atoms with van der Waals surface area (Å²) in [5.74, 6) is 0.695. The first-order valence-corrected chi connectivity index (χ1v) is 20.7. The SMILES string of the molecule is COc1cc(/C=C/c2ccc3cc(O[C@H]4C[C@H](OC5CCN(CCN6CCN(c7ccc8c(c7)C(=O)N(C7CCC(=O)NC7=O)C8)CC6)CC5)C4)ccc3n2)ccn1. The Morgan fingerprint density at radius 1 is 0.810 bits per heavy atom. The number of amides is 3. The molecular weight excluding hydrogens is 735 g/mol. The van der Waals surface area contributed by atoms with Crippen LogP contribution in [0.2, 0.25) is 0 Å². The van der Waals surface area contributed by atoms with E-state index in [-0.39, 0.29) is 36.4 Å². The summed E-state index contributed by atoms with van der Waals surface area (Å²) in [6.07, 6.45) is 11.1. The summed E-state index contributed by atoms with van der Waals surface area (Å²) in [6, 6.07) is 19.6. The fourth-order valence-corrected chi connectivity index (χ4v) is 8.82. The van der Waals surface area contributed by atoms with E-state index in [1.54, 1.807) is 18.2 Å². The largest absolute Gasteiger partial charge is 0.490 e. The molecule has 1 saturated carbocycles. The van der Waals surface area contributed by atoms with Gasteiger partial charge in [0.25, 0.3) is 5.91 Å². The van der Waals surface area contributed by atoms with Crippen LogP contribution in [0.25, 0.3) is 23.1 Å². The third-order valence-corrected chi connectivity index (χ3v) is 12.4. The molecule has 3 saturated heterocycles. The van der Waals surface area contributed by atoms with E-state index in [0.29, 0.717) is 30.5 Å². The van der Waals surface area contributed by atoms with Crippen molar-refractivity contribution >= 4 is 46.5 Å². The Kier molecular flexibility index (Phi) is 11.1. The number of imide groups is 1. The maximum absolute atomic E-state index is 13.3. The van der Waals surface area contributed by atoms with Gasteiger partial charge in [0.1, 0.15) is 17.9 Å². The number of hydrogen-bond donors (Lipinski definition) is 1. The predicted molar refractivity (Wildman–Crippen MR) is 221 cm³/mol. The number of carbonyl (C=O) groups excluding carboxylic acids is 3. The van der Waals surface area contributed by atoms with Crippen LogP contribution in [0.15, 0.2) is 66.9 Å². The van der Waals surface area contributed by atoms with Crippen molar-refractivity contribution in [2.24, 2.45) is 0 Å². The number of carbonyl (C=O) groups is 3. The number of rotatable bonds is 12. The van der Waals surface area contributed by atoms with E-state index in [0.717, 1.165) is 117 Å². The minimum absolute atomic E-state index is 0.121. The topological polar surface area (TPSA) is 130 Å². The number of methoxy groups -OCH3 is 1. The van der Waals surface area contributed by atoms with Gasteiger partial charge in [-0.15, -0.1) is 0 Å². The molecule has 4 aliphatic heterocycles. The van der Waals surface area contributed by atoms with Gasteiger partial charge in [-0.3, -0.25) is 24.6 Å². The Hall–Kier alpha value is -5.37. The normalized spacial score (nSPS) is 23.3. The maximum atomic E-state index is 13.3. The molecule has 6 heterocycles. The first kappa shape index (κ1) is 38.2. The molecular formula is C45H51N7O6. The summed E-state index contributed by atoms with van der Waals surface area (Å²) in [7, 11) is 1.61. The van der Waals surface area contributed by atoms with E-state index >= 15 is 0 Å². The van der Waals surface area contributed by atoms with E-state index in [9.17, 15) is 14.4 Å². The number of pyridine rings is 2. The molecule has 0 spiro atoms. The lowest BCUT2D eigenvalue weighted by Gasteiger charge is -2.40. The molecule has 4 aromatic rings. The zero-order valence-electron chi connectivity index (χ0n) is 33.1. The molecule has 1 unspecified atom stereocenters. The molecule has 2 aromatic heterocycles. The summed E-state index contributed by atoms with van der Waals surface area (Å²) >= 11 is 0. The second-order valence-electron chi connectivity index (χ2n) is 16.1. The molecule has 3 amide bonds. The first-order valence-electron chi connectivity index (χ1n) is 20.7. The zero-order chi connectivity index (χ0) is 39.6. The van der Waals surface area contributed by atoms with Crippen LogP contribution in [0.5, 0.6) is 11.6 Å². The van der Waals surface area contributed by atoms with Crippen molar-refractivity contribution in [2.45, 2.75) is 69.4 Å². The average molecular weight is 786 g/mol. The Bertz CT molecular complexity index is 2190. The van der Waals surface area contributed by atoms with Crippen molar-refractivity contribution in [1.29, 1.82) is 0 Å². The highest BCUT2D eigenvalue weighted by Crippen LogP contribution is 2.33. The van der Waals surface area contributed by atoms with Crippen LogP contribution in [-0.4, -0.2) is 126 Å². The lowest BCUT2D eigenvalue weighted by Crippen LogP contribution is -2.52. The van der Waals surface area contributed by atoms with Crippen molar-refractivity contribution in [2.75, 3.05) is 64.4 Å². The Morgan fingerprint density at radius 3 is 2.41 bits per heavy atom. The van der Waals surface area contributed by atoms with Gasteiger partial charge in [-0.05, 0) is 78.9 Å². The fraction of sp³-hybridized carbons (Fsp3) is 0.444. The molecule has 1 atom stereocenters. The predicted octanol–water partition coefficient (Wildman–Crippen LogP) is 4.78. The minimum atomic E-state index is -0.588. The highest BCUT2D eigenvalue weighted by atomic mass is 16.5. The van der Waals surface area contributed by atoms with Crippen molar-refractivity contribution in [1.82, 2.24) is 30.0 Å². The third kappa shape index (κ3) is 8.57. The van der Waals surface area contributed by atoms with E-state index in [1.165, 1.54) is 0 Å². The molecule has 0 bridgehead atoms. The molecule has 9 rings (SSSR count). The molecule has 58 heavy (non-hydrogen) atoms. The highest BCUT2D eigenvalue weighted by molar-refractivity contribution is 6.05. The number of likely N-dealkylation sites (tertiary alicyclic amines) is 1. The molecule has 13 heteroatoms. The van der Waals surface area contributed by atoms with Crippen LogP contribution < -0.4 is 19.7 Å². The van der Waals surface area contributed by atoms with Gasteiger partial charge in [0.05, 0.1) is 30.5 Å². The number of aromatic nitrogens is 2. The second kappa shape index (κ2) is 16.8. The molecule has 302 valence electrons. The van der Waals surface area contributed by atoms with Gasteiger partial charge in [0.2, 0.25) is 17.7 Å². The van der Waals surface area contributed by atoms with Gasteiger partial charge in [0, 0.05) is 107 Å². The number of nitrogens with one attached hydrogen (secondary N) is 1. The summed E-state index contributed by atoms with van der Waals surface area (Å²) in [5, 5.41) is 3.43. The lowest BCUT2D eigenvalue weighted by atomic mass is 9.91. The molecule has 1 aliphatic carbocycles. The standard InChI is InChI=1S/C45H51N7O6/c1-56-43-24-30(12-15-46-43)2-5-33-6-3-31-25-36(8-9-40(31)47-33)58-38-27-37(28-38)57-35-13-16-49(17-14-35)18-19-50-20-22-51(23-21-50)34-7-4-32-29-52(45(55)39(32)26-34)41-10-11-42(53)48-44(41)54/h2-9,12,15,24-26,35,37-38,41H,10-11,13-14,16-23,27-29H2,1H3,(H,48,53,54)/b5-2+/t37-,38-,41?. The average Bonchev–Trinajstić information content (AvgIpc) is 3.56. The Balaban J connectivity index is 0.662. The Morgan fingerprint density at radius 2 is 1.62 bits per heavy atom. The summed E-state index contributed by atoms with van der Waals surface area (Å²) < 4.78 is 18.1. The van der Waals surface area contributed by atoms with Crippen LogP contribution in [-0.2, 0) is 20.9 Å². The molecule has 4 fully saturated rings. The van der Waals surface area contributed by atoms with Crippen molar-refractivity contribution in [3.05, 3.63) is 89.2 Å². The monoisotopic (exact) mass is 785 g/mol. The molecule has 13 nitrogen and oxygen atoms in total. The summed E-state index contributed by atoms with van der Waals surface area (Å²) in [5.41, 5.74) is 5.48. The number of piperazine rings is 1. The van der Waals surface area contributed by atoms with Crippen LogP contribution in [0, 0.1) is 0 Å². The smallest absolute Gasteiger partial charge is 0.255 e. The van der Waals surface area contributed by atoms with Crippen LogP contribution in [0.3, 0.4) is 0 Å². The second-order valence-corrected chi connectivity index (χ2v) is 16.1. The summed E-state index contributed by atoms with van der Waals surface area (Å²) in [6.45, 7) is 8.45. The highest BCUT2D eigenvalue weighted by Gasteiger charge is 2.39. The third-order valence-electron chi connectivity index (χ3n) is 12.4. The Labute approximate surface area is 338 Å². The van der Waals surface area contributed by atoms with Crippen LogP contribution >= 0.6 is 0 Å². The van der Waals surface area contributed by atoms with Gasteiger partial charge in [-0.25, -0.2) is 9.97 Å². The summed E-state index contributed by atoms with van der Waals surface area (Å²) in [4.78, 5) is 55.4. The van der Waals surface area contributed by atoms with Crippen molar-refractivity contribution in [3.63, 3.8) is 0 Å². The number of anilines is 1. The van der Waals surface area contributed by atoms with Gasteiger partial charge < -0.3 is 28.9 Å². The van der Waals surface area contributed by atoms with Gasteiger partial charge in [-0.1, -0.05) is 18.2 Å². The van der Waals surface area contributed by atoms with E-state index in [1.807, 2.05) is 54.6 Å². The lowest BCUT2D eigenvalue weighted by molar-refractivity contribution is -0.136. The minimum Gasteiger partial charge on any atom is -0.490 e. The van der Waals surface area contributed by atoms with E-state index in [4.69, 9.17) is 19.2 Å². The van der Waals surface area contributed by atoms with Crippen molar-refractivity contribution in [3.8, 4) is 11.6 Å². The number of piperidine rings is 2.